The van der Waals surface area contributed by atoms with Crippen molar-refractivity contribution in [3.05, 3.63) is 66.2 Å². The summed E-state index contributed by atoms with van der Waals surface area (Å²) in [4.78, 5) is 17.2. The first-order valence-corrected chi connectivity index (χ1v) is 13.4. The number of fused-ring (bicyclic) bond motifs is 1. The van der Waals surface area contributed by atoms with Gasteiger partial charge in [0.2, 0.25) is 10.0 Å². The number of hydrogen-bond donors (Lipinski definition) is 1. The van der Waals surface area contributed by atoms with E-state index < -0.39 is 10.0 Å². The average molecular weight is 507 g/mol. The first-order valence-electron chi connectivity index (χ1n) is 11.9. The number of rotatable bonds is 6. The highest BCUT2D eigenvalue weighted by atomic mass is 32.2. The Morgan fingerprint density at radius 1 is 1.08 bits per heavy atom. The van der Waals surface area contributed by atoms with E-state index in [1.165, 1.54) is 4.31 Å². The fourth-order valence-corrected chi connectivity index (χ4v) is 5.77. The first kappa shape index (κ1) is 22.9. The molecule has 0 atom stereocenters. The van der Waals surface area contributed by atoms with Gasteiger partial charge in [0.25, 0.3) is 5.91 Å². The Hall–Kier alpha value is -3.54. The molecule has 1 saturated heterocycles. The second kappa shape index (κ2) is 8.84. The van der Waals surface area contributed by atoms with Crippen molar-refractivity contribution in [2.45, 2.75) is 30.7 Å². The molecule has 2 fully saturated rings. The predicted molar refractivity (Wildman–Crippen MR) is 133 cm³/mol. The smallest absolute Gasteiger partial charge is 0.251 e. The molecule has 0 spiro atoms. The Morgan fingerprint density at radius 2 is 1.89 bits per heavy atom. The molecule has 0 radical (unpaired) electrons. The summed E-state index contributed by atoms with van der Waals surface area (Å²) in [7, 11) is -3.65. The molecule has 1 saturated carbocycles. The molecule has 186 valence electrons. The highest BCUT2D eigenvalue weighted by molar-refractivity contribution is 7.89. The van der Waals surface area contributed by atoms with Crippen LogP contribution >= 0.6 is 0 Å². The van der Waals surface area contributed by atoms with Crippen LogP contribution in [0, 0.1) is 6.92 Å². The van der Waals surface area contributed by atoms with Crippen LogP contribution in [-0.2, 0) is 14.8 Å². The lowest BCUT2D eigenvalue weighted by Crippen LogP contribution is -2.40. The second-order valence-corrected chi connectivity index (χ2v) is 11.1. The number of benzene rings is 1. The van der Waals surface area contributed by atoms with Crippen molar-refractivity contribution < 1.29 is 17.9 Å². The van der Waals surface area contributed by atoms with E-state index in [4.69, 9.17) is 4.74 Å². The number of ether oxygens (including phenoxy) is 1. The number of carbonyl (C=O) groups excluding carboxylic acids is 1. The fraction of sp³-hybridized carbons (Fsp3) is 0.320. The third kappa shape index (κ3) is 4.19. The Labute approximate surface area is 208 Å². The van der Waals surface area contributed by atoms with Crippen LogP contribution in [-0.4, -0.2) is 70.1 Å². The Kier molecular flexibility index (Phi) is 5.62. The largest absolute Gasteiger partial charge is 0.379 e. The second-order valence-electron chi connectivity index (χ2n) is 9.18. The Bertz CT molecular complexity index is 1560. The minimum Gasteiger partial charge on any atom is -0.379 e. The van der Waals surface area contributed by atoms with E-state index in [0.29, 0.717) is 43.3 Å². The summed E-state index contributed by atoms with van der Waals surface area (Å²) in [5, 5.41) is 7.55. The summed E-state index contributed by atoms with van der Waals surface area (Å²) < 4.78 is 36.5. The van der Waals surface area contributed by atoms with E-state index >= 15 is 0 Å². The third-order valence-electron chi connectivity index (χ3n) is 6.61. The van der Waals surface area contributed by atoms with Crippen LogP contribution in [0.3, 0.4) is 0 Å². The molecule has 6 rings (SSSR count). The molecule has 3 aromatic heterocycles. The molecular formula is C25H26N6O4S. The molecule has 36 heavy (non-hydrogen) atoms. The number of nitrogens with one attached hydrogen (secondary N) is 1. The van der Waals surface area contributed by atoms with E-state index in [2.05, 4.69) is 15.4 Å². The lowest BCUT2D eigenvalue weighted by atomic mass is 10.0. The monoisotopic (exact) mass is 506 g/mol. The van der Waals surface area contributed by atoms with Gasteiger partial charge in [0.05, 0.1) is 30.5 Å². The number of amides is 1. The molecule has 10 nitrogen and oxygen atoms in total. The summed E-state index contributed by atoms with van der Waals surface area (Å²) in [6.07, 6.45) is 8.90. The summed E-state index contributed by atoms with van der Waals surface area (Å²) in [5.41, 5.74) is 4.00. The molecule has 1 aliphatic carbocycles. The number of morpholine rings is 1. The molecule has 1 amide bonds. The van der Waals surface area contributed by atoms with Gasteiger partial charge in [-0.05, 0) is 55.2 Å². The molecule has 0 unspecified atom stereocenters. The van der Waals surface area contributed by atoms with E-state index in [9.17, 15) is 13.2 Å². The highest BCUT2D eigenvalue weighted by Gasteiger charge is 2.27. The SMILES string of the molecule is Cc1ccc(C(=O)NC2CC2)cc1-c1cnn(-c2cnc3ccc(S(=O)(=O)N4CCOCC4)cn23)c1. The average Bonchev–Trinajstić information content (AvgIpc) is 3.40. The third-order valence-corrected chi connectivity index (χ3v) is 8.49. The van der Waals surface area contributed by atoms with Gasteiger partial charge in [0.15, 0.2) is 5.82 Å². The normalized spacial score (nSPS) is 16.9. The Morgan fingerprint density at radius 3 is 2.67 bits per heavy atom. The lowest BCUT2D eigenvalue weighted by molar-refractivity contribution is 0.0730. The molecule has 1 N–H and O–H groups in total. The van der Waals surface area contributed by atoms with E-state index in [1.807, 2.05) is 31.3 Å². The van der Waals surface area contributed by atoms with Gasteiger partial charge in [-0.15, -0.1) is 0 Å². The molecule has 2 aliphatic rings. The van der Waals surface area contributed by atoms with Crippen molar-refractivity contribution in [2.75, 3.05) is 26.3 Å². The van der Waals surface area contributed by atoms with Crippen LogP contribution in [0.15, 0.2) is 60.0 Å². The molecular weight excluding hydrogens is 480 g/mol. The van der Waals surface area contributed by atoms with Crippen molar-refractivity contribution in [1.29, 1.82) is 0 Å². The van der Waals surface area contributed by atoms with Gasteiger partial charge >= 0.3 is 0 Å². The predicted octanol–water partition coefficient (Wildman–Crippen LogP) is 2.41. The van der Waals surface area contributed by atoms with Gasteiger partial charge in [-0.25, -0.2) is 18.1 Å². The zero-order valence-corrected chi connectivity index (χ0v) is 20.6. The number of sulfonamides is 1. The molecule has 0 bridgehead atoms. The van der Waals surface area contributed by atoms with E-state index in [-0.39, 0.29) is 16.8 Å². The van der Waals surface area contributed by atoms with Gasteiger partial charge in [0.1, 0.15) is 5.65 Å². The molecule has 4 aromatic rings. The number of hydrogen-bond acceptors (Lipinski definition) is 6. The summed E-state index contributed by atoms with van der Waals surface area (Å²) >= 11 is 0. The van der Waals surface area contributed by atoms with Gasteiger partial charge in [-0.2, -0.15) is 9.40 Å². The molecule has 1 aromatic carbocycles. The van der Waals surface area contributed by atoms with Gasteiger partial charge in [-0.3, -0.25) is 9.20 Å². The number of nitrogens with zero attached hydrogens (tertiary/aromatic N) is 5. The van der Waals surface area contributed by atoms with Crippen molar-refractivity contribution in [3.63, 3.8) is 0 Å². The van der Waals surface area contributed by atoms with E-state index in [1.54, 1.807) is 39.8 Å². The van der Waals surface area contributed by atoms with Gasteiger partial charge in [-0.1, -0.05) is 6.07 Å². The first-order chi connectivity index (χ1) is 17.4. The van der Waals surface area contributed by atoms with Gasteiger partial charge < -0.3 is 10.1 Å². The maximum Gasteiger partial charge on any atom is 0.251 e. The molecule has 1 aliphatic heterocycles. The summed E-state index contributed by atoms with van der Waals surface area (Å²) in [6, 6.07) is 9.21. The maximum absolute atomic E-state index is 13.2. The quantitative estimate of drug-likeness (QED) is 0.430. The lowest BCUT2D eigenvalue weighted by Gasteiger charge is -2.26. The van der Waals surface area contributed by atoms with Crippen LogP contribution < -0.4 is 5.32 Å². The zero-order valence-electron chi connectivity index (χ0n) is 19.8. The van der Waals surface area contributed by atoms with E-state index in [0.717, 1.165) is 29.5 Å². The van der Waals surface area contributed by atoms with Crippen LogP contribution in [0.5, 0.6) is 0 Å². The number of imidazole rings is 1. The van der Waals surface area contributed by atoms with Gasteiger partial charge in [0, 0.05) is 42.7 Å². The molecule has 4 heterocycles. The standard InChI is InChI=1S/C25H26N6O4S/c1-17-2-3-18(25(32)28-20-4-5-20)12-22(17)19-13-27-31(15-19)24-14-26-23-7-6-21(16-30(23)24)36(33,34)29-8-10-35-11-9-29/h2-3,6-7,12-16,20H,4-5,8-11H2,1H3,(H,28,32). The van der Waals surface area contributed by atoms with Crippen LogP contribution in [0.2, 0.25) is 0 Å². The van der Waals surface area contributed by atoms with Crippen LogP contribution in [0.25, 0.3) is 22.6 Å². The van der Waals surface area contributed by atoms with Crippen molar-refractivity contribution in [2.24, 2.45) is 0 Å². The minimum atomic E-state index is -3.65. The van der Waals surface area contributed by atoms with Crippen LogP contribution in [0.1, 0.15) is 28.8 Å². The number of aryl methyl sites for hydroxylation is 1. The van der Waals surface area contributed by atoms with Crippen molar-refractivity contribution >= 4 is 21.6 Å². The maximum atomic E-state index is 13.2. The topological polar surface area (TPSA) is 111 Å². The van der Waals surface area contributed by atoms with Crippen molar-refractivity contribution in [1.82, 2.24) is 28.8 Å². The highest BCUT2D eigenvalue weighted by Crippen LogP contribution is 2.27. The van der Waals surface area contributed by atoms with Crippen molar-refractivity contribution in [3.8, 4) is 16.9 Å². The summed E-state index contributed by atoms with van der Waals surface area (Å²) in [5.74, 6) is 0.539. The molecule has 11 heteroatoms. The fourth-order valence-electron chi connectivity index (χ4n) is 4.36. The number of aromatic nitrogens is 4. The number of carbonyl (C=O) groups is 1. The van der Waals surface area contributed by atoms with Crippen LogP contribution in [0.4, 0.5) is 0 Å². The zero-order chi connectivity index (χ0) is 24.9. The minimum absolute atomic E-state index is 0.0677. The summed E-state index contributed by atoms with van der Waals surface area (Å²) in [6.45, 7) is 3.42. The number of pyridine rings is 1. The Balaban J connectivity index is 1.34.